The normalized spacial score (nSPS) is 36.2. The van der Waals surface area contributed by atoms with E-state index in [-0.39, 0.29) is 12.2 Å². The Kier molecular flexibility index (Phi) is 6.04. The maximum Gasteiger partial charge on any atom is 0.0971 e. The van der Waals surface area contributed by atoms with Crippen molar-refractivity contribution in [2.24, 2.45) is 0 Å². The lowest BCUT2D eigenvalue weighted by Crippen LogP contribution is -2.33. The van der Waals surface area contributed by atoms with Gasteiger partial charge in [0.25, 0.3) is 0 Å². The summed E-state index contributed by atoms with van der Waals surface area (Å²) in [5, 5.41) is 3.36. The Bertz CT molecular complexity index is 253. The van der Waals surface area contributed by atoms with Crippen LogP contribution >= 0.6 is 0 Å². The minimum absolute atomic E-state index is 0.198. The van der Waals surface area contributed by atoms with E-state index < -0.39 is 0 Å². The topological polar surface area (TPSA) is 43.0 Å². The molecular weight excluding hydrogens is 244 g/mol. The van der Waals surface area contributed by atoms with Crippen LogP contribution in [0.25, 0.3) is 0 Å². The van der Waals surface area contributed by atoms with Crippen molar-refractivity contribution in [3.63, 3.8) is 0 Å². The lowest BCUT2D eigenvalue weighted by molar-refractivity contribution is -0.00461. The van der Waals surface area contributed by atoms with E-state index in [2.05, 4.69) is 17.1 Å². The third-order valence-electron chi connectivity index (χ3n) is 4.18. The van der Waals surface area contributed by atoms with Crippen molar-refractivity contribution in [2.75, 3.05) is 46.9 Å². The number of hydrogen-bond donors (Lipinski definition) is 1. The zero-order valence-electron chi connectivity index (χ0n) is 12.4. The molecule has 19 heavy (non-hydrogen) atoms. The molecule has 0 saturated carbocycles. The first-order chi connectivity index (χ1) is 9.26. The molecule has 2 saturated heterocycles. The van der Waals surface area contributed by atoms with E-state index in [1.54, 1.807) is 14.2 Å². The summed E-state index contributed by atoms with van der Waals surface area (Å²) < 4.78 is 17.0. The molecule has 2 fully saturated rings. The molecule has 112 valence electrons. The zero-order chi connectivity index (χ0) is 13.7. The average molecular weight is 272 g/mol. The lowest BCUT2D eigenvalue weighted by atomic mass is 10.2. The van der Waals surface area contributed by atoms with E-state index in [9.17, 15) is 0 Å². The molecule has 0 aromatic heterocycles. The fourth-order valence-electron chi connectivity index (χ4n) is 3.08. The summed E-state index contributed by atoms with van der Waals surface area (Å²) in [5.41, 5.74) is 0. The fraction of sp³-hybridized carbons (Fsp3) is 1.00. The molecule has 2 heterocycles. The van der Waals surface area contributed by atoms with Gasteiger partial charge in [-0.1, -0.05) is 6.92 Å². The molecule has 2 aliphatic rings. The van der Waals surface area contributed by atoms with Crippen LogP contribution < -0.4 is 5.32 Å². The molecule has 2 rings (SSSR count). The maximum absolute atomic E-state index is 6.08. The molecule has 0 spiro atoms. The predicted octanol–water partition coefficient (Wildman–Crippen LogP) is 0.489. The van der Waals surface area contributed by atoms with Gasteiger partial charge in [-0.05, 0) is 19.4 Å². The lowest BCUT2D eigenvalue weighted by Gasteiger charge is -2.20. The molecule has 4 unspecified atom stereocenters. The van der Waals surface area contributed by atoms with Crippen molar-refractivity contribution in [3.8, 4) is 0 Å². The fourth-order valence-corrected chi connectivity index (χ4v) is 3.08. The summed E-state index contributed by atoms with van der Waals surface area (Å²) >= 11 is 0. The first-order valence-corrected chi connectivity index (χ1v) is 7.41. The van der Waals surface area contributed by atoms with Gasteiger partial charge in [-0.2, -0.15) is 0 Å². The van der Waals surface area contributed by atoms with E-state index in [1.165, 1.54) is 12.8 Å². The standard InChI is InChI=1S/C14H28N2O3/c1-4-15-7-11-5-6-12(19-11)8-16-9-13(17-2)14(10-16)18-3/h11-15H,4-10H2,1-3H3. The minimum atomic E-state index is 0.198. The molecule has 5 nitrogen and oxygen atoms in total. The summed E-state index contributed by atoms with van der Waals surface area (Å²) in [4.78, 5) is 2.41. The first-order valence-electron chi connectivity index (χ1n) is 7.41. The number of likely N-dealkylation sites (N-methyl/N-ethyl adjacent to an activating group) is 1. The van der Waals surface area contributed by atoms with Crippen molar-refractivity contribution in [3.05, 3.63) is 0 Å². The molecule has 0 aliphatic carbocycles. The van der Waals surface area contributed by atoms with Gasteiger partial charge in [0.2, 0.25) is 0 Å². The smallest absolute Gasteiger partial charge is 0.0971 e. The van der Waals surface area contributed by atoms with E-state index in [1.807, 2.05) is 0 Å². The average Bonchev–Trinajstić information content (AvgIpc) is 3.03. The van der Waals surface area contributed by atoms with Crippen LogP contribution in [0.4, 0.5) is 0 Å². The highest BCUT2D eigenvalue weighted by Crippen LogP contribution is 2.23. The van der Waals surface area contributed by atoms with Gasteiger partial charge in [0.05, 0.1) is 24.4 Å². The van der Waals surface area contributed by atoms with Crippen LogP contribution in [-0.4, -0.2) is 76.3 Å². The predicted molar refractivity (Wildman–Crippen MR) is 74.5 cm³/mol. The van der Waals surface area contributed by atoms with Crippen molar-refractivity contribution in [2.45, 2.75) is 44.2 Å². The van der Waals surface area contributed by atoms with Gasteiger partial charge >= 0.3 is 0 Å². The largest absolute Gasteiger partial charge is 0.377 e. The second-order valence-electron chi connectivity index (χ2n) is 5.53. The highest BCUT2D eigenvalue weighted by Gasteiger charge is 2.35. The summed E-state index contributed by atoms with van der Waals surface area (Å²) in [7, 11) is 3.53. The molecule has 0 aromatic rings. The number of likely N-dealkylation sites (tertiary alicyclic amines) is 1. The van der Waals surface area contributed by atoms with Crippen LogP contribution in [0.5, 0.6) is 0 Å². The number of nitrogens with one attached hydrogen (secondary N) is 1. The quantitative estimate of drug-likeness (QED) is 0.730. The first kappa shape index (κ1) is 15.2. The number of rotatable bonds is 7. The Morgan fingerprint density at radius 2 is 1.74 bits per heavy atom. The second kappa shape index (κ2) is 7.55. The molecule has 0 aromatic carbocycles. The Morgan fingerprint density at radius 3 is 2.32 bits per heavy atom. The molecule has 4 atom stereocenters. The molecule has 5 heteroatoms. The molecule has 0 bridgehead atoms. The SMILES string of the molecule is CCNCC1CCC(CN2CC(OC)C(OC)C2)O1. The van der Waals surface area contributed by atoms with Gasteiger partial charge in [0.1, 0.15) is 0 Å². The van der Waals surface area contributed by atoms with Crippen molar-refractivity contribution in [1.82, 2.24) is 10.2 Å². The number of methoxy groups -OCH3 is 2. The Morgan fingerprint density at radius 1 is 1.11 bits per heavy atom. The van der Waals surface area contributed by atoms with Crippen LogP contribution in [0.3, 0.4) is 0 Å². The van der Waals surface area contributed by atoms with Crippen LogP contribution in [0.2, 0.25) is 0 Å². The van der Waals surface area contributed by atoms with Gasteiger partial charge in [0, 0.05) is 40.4 Å². The van der Waals surface area contributed by atoms with Gasteiger partial charge in [-0.15, -0.1) is 0 Å². The Balaban J connectivity index is 1.71. The highest BCUT2D eigenvalue weighted by molar-refractivity contribution is 4.88. The van der Waals surface area contributed by atoms with Crippen molar-refractivity contribution < 1.29 is 14.2 Å². The summed E-state index contributed by atoms with van der Waals surface area (Å²) in [6.07, 6.45) is 3.50. The van der Waals surface area contributed by atoms with E-state index in [0.29, 0.717) is 12.2 Å². The number of hydrogen-bond acceptors (Lipinski definition) is 5. The van der Waals surface area contributed by atoms with Crippen LogP contribution in [0.15, 0.2) is 0 Å². The van der Waals surface area contributed by atoms with Gasteiger partial charge in [0.15, 0.2) is 0 Å². The van der Waals surface area contributed by atoms with E-state index >= 15 is 0 Å². The van der Waals surface area contributed by atoms with Crippen LogP contribution in [-0.2, 0) is 14.2 Å². The third kappa shape index (κ3) is 4.13. The number of ether oxygens (including phenoxy) is 3. The zero-order valence-corrected chi connectivity index (χ0v) is 12.4. The maximum atomic E-state index is 6.08. The summed E-state index contributed by atoms with van der Waals surface area (Å²) in [6, 6.07) is 0. The minimum Gasteiger partial charge on any atom is -0.377 e. The van der Waals surface area contributed by atoms with Crippen molar-refractivity contribution >= 4 is 0 Å². The monoisotopic (exact) mass is 272 g/mol. The van der Waals surface area contributed by atoms with Gasteiger partial charge < -0.3 is 19.5 Å². The van der Waals surface area contributed by atoms with E-state index in [0.717, 1.165) is 32.7 Å². The summed E-state index contributed by atoms with van der Waals surface area (Å²) in [5.74, 6) is 0. The van der Waals surface area contributed by atoms with Gasteiger partial charge in [-0.25, -0.2) is 0 Å². The van der Waals surface area contributed by atoms with Crippen LogP contribution in [0, 0.1) is 0 Å². The molecule has 0 amide bonds. The third-order valence-corrected chi connectivity index (χ3v) is 4.18. The second-order valence-corrected chi connectivity index (χ2v) is 5.53. The highest BCUT2D eigenvalue weighted by atomic mass is 16.5. The molecular formula is C14H28N2O3. The van der Waals surface area contributed by atoms with Crippen LogP contribution in [0.1, 0.15) is 19.8 Å². The Labute approximate surface area is 116 Å². The molecule has 2 aliphatic heterocycles. The van der Waals surface area contributed by atoms with E-state index in [4.69, 9.17) is 14.2 Å². The Hall–Kier alpha value is -0.200. The van der Waals surface area contributed by atoms with Gasteiger partial charge in [-0.3, -0.25) is 4.90 Å². The summed E-state index contributed by atoms with van der Waals surface area (Å²) in [6.45, 7) is 7.03. The van der Waals surface area contributed by atoms with Crippen molar-refractivity contribution in [1.29, 1.82) is 0 Å². The molecule has 1 N–H and O–H groups in total. The molecule has 0 radical (unpaired) electrons. The number of nitrogens with zero attached hydrogens (tertiary/aromatic N) is 1.